The number of thioether (sulfide) groups is 1. The molecular weight excluding hydrogens is 228 g/mol. The monoisotopic (exact) mass is 240 g/mol. The molecule has 1 aromatic carbocycles. The topological polar surface area (TPSA) is 63.6 Å². The molecule has 0 aliphatic heterocycles. The number of hydrogen-bond donors (Lipinski definition) is 1. The van der Waals surface area contributed by atoms with Gasteiger partial charge in [0.1, 0.15) is 0 Å². The predicted octanol–water partition coefficient (Wildman–Crippen LogP) is 1.82. The molecule has 0 radical (unpaired) electrons. The summed E-state index contributed by atoms with van der Waals surface area (Å²) in [7, 11) is 1.30. The number of esters is 1. The first kappa shape index (κ1) is 12.6. The first-order valence-corrected chi connectivity index (χ1v) is 5.78. The summed E-state index contributed by atoms with van der Waals surface area (Å²) < 4.78 is 4.64. The molecule has 0 atom stereocenters. The van der Waals surface area contributed by atoms with Crippen LogP contribution in [-0.2, 0) is 16.0 Å². The van der Waals surface area contributed by atoms with Gasteiger partial charge in [-0.3, -0.25) is 4.79 Å². The van der Waals surface area contributed by atoms with Crippen LogP contribution in [0, 0.1) is 0 Å². The maximum atomic E-state index is 11.4. The first-order chi connectivity index (χ1) is 7.58. The van der Waals surface area contributed by atoms with Gasteiger partial charge in [-0.05, 0) is 24.0 Å². The van der Waals surface area contributed by atoms with Gasteiger partial charge in [0.05, 0.1) is 19.1 Å². The van der Waals surface area contributed by atoms with E-state index in [4.69, 9.17) is 5.11 Å². The fourth-order valence-corrected chi connectivity index (χ4v) is 1.88. The fourth-order valence-electron chi connectivity index (χ4n) is 1.31. The number of carboxylic acid groups (broad SMARTS) is 1. The van der Waals surface area contributed by atoms with Crippen molar-refractivity contribution < 1.29 is 19.4 Å². The third-order valence-corrected chi connectivity index (χ3v) is 2.82. The molecule has 1 N–H and O–H groups in total. The molecule has 0 heterocycles. The number of carbonyl (C=O) groups is 2. The lowest BCUT2D eigenvalue weighted by atomic mass is 10.1. The Morgan fingerprint density at radius 2 is 2.12 bits per heavy atom. The molecule has 0 bridgehead atoms. The summed E-state index contributed by atoms with van der Waals surface area (Å²) in [5.74, 6) is -1.37. The third-order valence-electron chi connectivity index (χ3n) is 2.02. The summed E-state index contributed by atoms with van der Waals surface area (Å²) in [4.78, 5) is 22.8. The standard InChI is InChI=1S/C11H12O4S/c1-15-11(14)8-5-7(6-10(12)13)3-4-9(8)16-2/h3-5H,6H2,1-2H3,(H,12,13). The van der Waals surface area contributed by atoms with Crippen LogP contribution >= 0.6 is 11.8 Å². The number of aliphatic carboxylic acids is 1. The quantitative estimate of drug-likeness (QED) is 0.642. The number of carbonyl (C=O) groups excluding carboxylic acids is 1. The largest absolute Gasteiger partial charge is 0.481 e. The molecule has 0 amide bonds. The Kier molecular flexibility index (Phi) is 4.37. The van der Waals surface area contributed by atoms with E-state index < -0.39 is 11.9 Å². The second-order valence-corrected chi connectivity index (χ2v) is 3.94. The number of benzene rings is 1. The average molecular weight is 240 g/mol. The number of carboxylic acids is 1. The van der Waals surface area contributed by atoms with Crippen LogP contribution in [0.2, 0.25) is 0 Å². The Morgan fingerprint density at radius 1 is 1.44 bits per heavy atom. The van der Waals surface area contributed by atoms with Crippen molar-refractivity contribution in [3.63, 3.8) is 0 Å². The molecule has 0 aliphatic carbocycles. The lowest BCUT2D eigenvalue weighted by Gasteiger charge is -2.07. The smallest absolute Gasteiger partial charge is 0.339 e. The van der Waals surface area contributed by atoms with Crippen LogP contribution in [0.25, 0.3) is 0 Å². The summed E-state index contributed by atoms with van der Waals surface area (Å²) >= 11 is 1.42. The molecule has 0 spiro atoms. The molecule has 5 heteroatoms. The Morgan fingerprint density at radius 3 is 2.62 bits per heavy atom. The number of hydrogen-bond acceptors (Lipinski definition) is 4. The van der Waals surface area contributed by atoms with Crippen molar-refractivity contribution in [2.45, 2.75) is 11.3 Å². The molecular formula is C11H12O4S. The van der Waals surface area contributed by atoms with Crippen molar-refractivity contribution in [2.75, 3.05) is 13.4 Å². The van der Waals surface area contributed by atoms with E-state index in [1.54, 1.807) is 18.2 Å². The highest BCUT2D eigenvalue weighted by Gasteiger charge is 2.13. The maximum absolute atomic E-state index is 11.4. The molecule has 1 rings (SSSR count). The van der Waals surface area contributed by atoms with Crippen LogP contribution in [-0.4, -0.2) is 30.4 Å². The lowest BCUT2D eigenvalue weighted by molar-refractivity contribution is -0.136. The lowest BCUT2D eigenvalue weighted by Crippen LogP contribution is -2.06. The van der Waals surface area contributed by atoms with Crippen molar-refractivity contribution >= 4 is 23.7 Å². The van der Waals surface area contributed by atoms with Gasteiger partial charge in [0, 0.05) is 4.90 Å². The van der Waals surface area contributed by atoms with Crippen molar-refractivity contribution in [3.8, 4) is 0 Å². The number of methoxy groups -OCH3 is 1. The Labute approximate surface area is 97.6 Å². The van der Waals surface area contributed by atoms with E-state index in [0.717, 1.165) is 4.90 Å². The summed E-state index contributed by atoms with van der Waals surface area (Å²) in [6.07, 6.45) is 1.75. The van der Waals surface area contributed by atoms with Crippen LogP contribution in [0.5, 0.6) is 0 Å². The predicted molar refractivity (Wildman–Crippen MR) is 60.9 cm³/mol. The van der Waals surface area contributed by atoms with Crippen LogP contribution < -0.4 is 0 Å². The van der Waals surface area contributed by atoms with E-state index >= 15 is 0 Å². The summed E-state index contributed by atoms with van der Waals surface area (Å²) in [5.41, 5.74) is 0.999. The van der Waals surface area contributed by atoms with E-state index in [1.165, 1.54) is 18.9 Å². The SMILES string of the molecule is COC(=O)c1cc(CC(=O)O)ccc1SC. The van der Waals surface area contributed by atoms with E-state index in [0.29, 0.717) is 11.1 Å². The van der Waals surface area contributed by atoms with Gasteiger partial charge in [-0.25, -0.2) is 4.79 Å². The molecule has 0 aliphatic rings. The molecule has 0 saturated carbocycles. The maximum Gasteiger partial charge on any atom is 0.339 e. The summed E-state index contributed by atoms with van der Waals surface area (Å²) in [6.45, 7) is 0. The second kappa shape index (κ2) is 5.55. The molecule has 0 aromatic heterocycles. The Hall–Kier alpha value is -1.49. The van der Waals surface area contributed by atoms with Gasteiger partial charge < -0.3 is 9.84 Å². The van der Waals surface area contributed by atoms with E-state index in [1.807, 2.05) is 6.26 Å². The average Bonchev–Trinajstić information content (AvgIpc) is 2.27. The van der Waals surface area contributed by atoms with Crippen molar-refractivity contribution in [2.24, 2.45) is 0 Å². The molecule has 86 valence electrons. The molecule has 16 heavy (non-hydrogen) atoms. The molecule has 0 saturated heterocycles. The van der Waals surface area contributed by atoms with Crippen molar-refractivity contribution in [1.29, 1.82) is 0 Å². The van der Waals surface area contributed by atoms with Crippen molar-refractivity contribution in [1.82, 2.24) is 0 Å². The highest BCUT2D eigenvalue weighted by atomic mass is 32.2. The van der Waals surface area contributed by atoms with Gasteiger partial charge in [-0.1, -0.05) is 6.07 Å². The van der Waals surface area contributed by atoms with Gasteiger partial charge in [0.2, 0.25) is 0 Å². The normalized spacial score (nSPS) is 9.88. The van der Waals surface area contributed by atoms with Gasteiger partial charge in [-0.2, -0.15) is 0 Å². The molecule has 4 nitrogen and oxygen atoms in total. The first-order valence-electron chi connectivity index (χ1n) is 4.55. The molecule has 0 unspecified atom stereocenters. The number of ether oxygens (including phenoxy) is 1. The Bertz CT molecular complexity index is 414. The zero-order valence-electron chi connectivity index (χ0n) is 9.02. The molecule has 0 fully saturated rings. The van der Waals surface area contributed by atoms with Crippen LogP contribution in [0.3, 0.4) is 0 Å². The summed E-state index contributed by atoms with van der Waals surface area (Å²) in [6, 6.07) is 4.99. The fraction of sp³-hybridized carbons (Fsp3) is 0.273. The Balaban J connectivity index is 3.10. The van der Waals surface area contributed by atoms with Gasteiger partial charge >= 0.3 is 11.9 Å². The van der Waals surface area contributed by atoms with Crippen LogP contribution in [0.15, 0.2) is 23.1 Å². The van der Waals surface area contributed by atoms with Gasteiger partial charge in [0.15, 0.2) is 0 Å². The highest BCUT2D eigenvalue weighted by Crippen LogP contribution is 2.22. The minimum Gasteiger partial charge on any atom is -0.481 e. The van der Waals surface area contributed by atoms with Crippen LogP contribution in [0.4, 0.5) is 0 Å². The van der Waals surface area contributed by atoms with Crippen LogP contribution in [0.1, 0.15) is 15.9 Å². The minimum absolute atomic E-state index is 0.0986. The van der Waals surface area contributed by atoms with E-state index in [9.17, 15) is 9.59 Å². The van der Waals surface area contributed by atoms with Gasteiger partial charge in [-0.15, -0.1) is 11.8 Å². The zero-order chi connectivity index (χ0) is 12.1. The second-order valence-electron chi connectivity index (χ2n) is 3.10. The van der Waals surface area contributed by atoms with E-state index in [-0.39, 0.29) is 6.42 Å². The van der Waals surface area contributed by atoms with E-state index in [2.05, 4.69) is 4.74 Å². The number of rotatable bonds is 4. The summed E-state index contributed by atoms with van der Waals surface area (Å²) in [5, 5.41) is 8.66. The zero-order valence-corrected chi connectivity index (χ0v) is 9.84. The minimum atomic E-state index is -0.923. The van der Waals surface area contributed by atoms with Crippen molar-refractivity contribution in [3.05, 3.63) is 29.3 Å². The van der Waals surface area contributed by atoms with Gasteiger partial charge in [0.25, 0.3) is 0 Å². The molecule has 1 aromatic rings. The highest BCUT2D eigenvalue weighted by molar-refractivity contribution is 7.98. The third kappa shape index (κ3) is 3.00.